The van der Waals surface area contributed by atoms with Gasteiger partial charge in [-0.2, -0.15) is 5.10 Å². The molecule has 3 aromatic rings. The summed E-state index contributed by atoms with van der Waals surface area (Å²) in [4.78, 5) is 22.5. The molecule has 0 aliphatic carbocycles. The number of ether oxygens (including phenoxy) is 2. The van der Waals surface area contributed by atoms with E-state index in [9.17, 15) is 4.89 Å². The second kappa shape index (κ2) is 11.4. The lowest BCUT2D eigenvalue weighted by Crippen LogP contribution is -2.44. The van der Waals surface area contributed by atoms with E-state index in [0.717, 1.165) is 42.8 Å². The van der Waals surface area contributed by atoms with Gasteiger partial charge in [-0.3, -0.25) is 4.98 Å². The van der Waals surface area contributed by atoms with Crippen LogP contribution in [0.1, 0.15) is 46.3 Å². The van der Waals surface area contributed by atoms with Crippen LogP contribution in [0.15, 0.2) is 30.6 Å². The largest absolute Gasteiger partial charge is 0.426 e. The standard InChI is InChI=1S/C25H34N5O5P/c1-17(2)15-34-36(31)35-21-14-22(29-11-13-32-16-18(29)3)28-24-19(21)7-9-26-25(24)20-8-10-27-30(20)23-6-4-5-12-33-23/h7-10,14,17-18,23,31H,4-6,11-13,15-16H2,1-3H3/t18-,23?,36?/m1/s1. The van der Waals surface area contributed by atoms with Crippen LogP contribution < -0.4 is 9.42 Å². The van der Waals surface area contributed by atoms with E-state index in [1.165, 1.54) is 0 Å². The van der Waals surface area contributed by atoms with Crippen molar-refractivity contribution in [1.82, 2.24) is 19.7 Å². The zero-order valence-electron chi connectivity index (χ0n) is 21.0. The molecule has 0 amide bonds. The van der Waals surface area contributed by atoms with E-state index in [1.54, 1.807) is 12.4 Å². The van der Waals surface area contributed by atoms with Crippen LogP contribution in [0.3, 0.4) is 0 Å². The Bertz CT molecular complexity index is 1170. The van der Waals surface area contributed by atoms with Gasteiger partial charge in [0.15, 0.2) is 6.23 Å². The number of hydrogen-bond acceptors (Lipinski definition) is 9. The Labute approximate surface area is 212 Å². The van der Waals surface area contributed by atoms with Gasteiger partial charge in [0.2, 0.25) is 0 Å². The number of aromatic nitrogens is 4. The fraction of sp³-hybridized carbons (Fsp3) is 0.560. The number of morpholine rings is 1. The number of rotatable bonds is 8. The first kappa shape index (κ1) is 25.3. The van der Waals surface area contributed by atoms with Gasteiger partial charge in [0.1, 0.15) is 22.8 Å². The minimum absolute atomic E-state index is 0.131. The molecular formula is C25H34N5O5P. The molecule has 0 radical (unpaired) electrons. The van der Waals surface area contributed by atoms with Crippen molar-refractivity contribution in [2.75, 3.05) is 37.9 Å². The highest BCUT2D eigenvalue weighted by atomic mass is 31.2. The van der Waals surface area contributed by atoms with Crippen molar-refractivity contribution in [3.8, 4) is 17.1 Å². The first-order chi connectivity index (χ1) is 17.5. The Morgan fingerprint density at radius 1 is 1.22 bits per heavy atom. The highest BCUT2D eigenvalue weighted by Crippen LogP contribution is 2.42. The molecule has 3 aromatic heterocycles. The fourth-order valence-electron chi connectivity index (χ4n) is 4.56. The molecule has 2 fully saturated rings. The average Bonchev–Trinajstić information content (AvgIpc) is 3.38. The molecule has 11 heteroatoms. The Morgan fingerprint density at radius 2 is 2.11 bits per heavy atom. The summed E-state index contributed by atoms with van der Waals surface area (Å²) in [6.07, 6.45) is 6.43. The number of fused-ring (bicyclic) bond motifs is 1. The Hall–Kier alpha value is -2.36. The Balaban J connectivity index is 1.59. The van der Waals surface area contributed by atoms with E-state index in [0.29, 0.717) is 43.3 Å². The van der Waals surface area contributed by atoms with Crippen molar-refractivity contribution in [1.29, 1.82) is 0 Å². The van der Waals surface area contributed by atoms with Crippen LogP contribution in [0.5, 0.6) is 5.75 Å². The maximum absolute atomic E-state index is 10.6. The molecule has 3 atom stereocenters. The van der Waals surface area contributed by atoms with Crippen LogP contribution in [0.25, 0.3) is 22.3 Å². The molecule has 0 saturated carbocycles. The summed E-state index contributed by atoms with van der Waals surface area (Å²) in [5, 5.41) is 5.31. The second-order valence-electron chi connectivity index (χ2n) is 9.65. The third-order valence-corrected chi connectivity index (χ3v) is 7.10. The smallest absolute Gasteiger partial charge is 0.394 e. The van der Waals surface area contributed by atoms with E-state index >= 15 is 0 Å². The second-order valence-corrected chi connectivity index (χ2v) is 10.6. The van der Waals surface area contributed by atoms with Crippen LogP contribution in [-0.2, 0) is 14.0 Å². The van der Waals surface area contributed by atoms with E-state index < -0.39 is 8.60 Å². The Kier molecular flexibility index (Phi) is 7.98. The summed E-state index contributed by atoms with van der Waals surface area (Å²) in [5.74, 6) is 1.53. The lowest BCUT2D eigenvalue weighted by atomic mass is 10.1. The van der Waals surface area contributed by atoms with Crippen molar-refractivity contribution in [2.24, 2.45) is 5.92 Å². The average molecular weight is 516 g/mol. The lowest BCUT2D eigenvalue weighted by molar-refractivity contribution is -0.0383. The highest BCUT2D eigenvalue weighted by molar-refractivity contribution is 7.41. The zero-order valence-corrected chi connectivity index (χ0v) is 21.9. The highest BCUT2D eigenvalue weighted by Gasteiger charge is 2.26. The van der Waals surface area contributed by atoms with Crippen LogP contribution >= 0.6 is 8.60 Å². The molecule has 2 saturated heterocycles. The minimum Gasteiger partial charge on any atom is -0.426 e. The summed E-state index contributed by atoms with van der Waals surface area (Å²) in [6.45, 7) is 9.24. The summed E-state index contributed by atoms with van der Waals surface area (Å²) in [6, 6.07) is 5.82. The monoisotopic (exact) mass is 515 g/mol. The number of nitrogens with zero attached hydrogens (tertiary/aromatic N) is 5. The number of pyridine rings is 2. The van der Waals surface area contributed by atoms with Gasteiger partial charge in [0, 0.05) is 37.0 Å². The maximum Gasteiger partial charge on any atom is 0.394 e. The van der Waals surface area contributed by atoms with Gasteiger partial charge >= 0.3 is 8.60 Å². The number of anilines is 1. The van der Waals surface area contributed by atoms with E-state index in [1.807, 2.05) is 36.7 Å². The molecule has 2 unspecified atom stereocenters. The van der Waals surface area contributed by atoms with Gasteiger partial charge in [-0.1, -0.05) is 13.8 Å². The first-order valence-electron chi connectivity index (χ1n) is 12.6. The van der Waals surface area contributed by atoms with Crippen molar-refractivity contribution < 1.29 is 23.4 Å². The van der Waals surface area contributed by atoms with Gasteiger partial charge in [0.25, 0.3) is 0 Å². The SMILES string of the molecule is CC(C)COP(O)Oc1cc(N2CCOC[C@H]2C)nc2c(-c3ccnn3C3CCCCO3)nccc12. The maximum atomic E-state index is 10.6. The van der Waals surface area contributed by atoms with Gasteiger partial charge < -0.3 is 28.3 Å². The first-order valence-corrected chi connectivity index (χ1v) is 13.7. The van der Waals surface area contributed by atoms with E-state index in [2.05, 4.69) is 16.9 Å². The predicted octanol–water partition coefficient (Wildman–Crippen LogP) is 4.69. The van der Waals surface area contributed by atoms with E-state index in [4.69, 9.17) is 28.5 Å². The Morgan fingerprint density at radius 3 is 2.89 bits per heavy atom. The van der Waals surface area contributed by atoms with Crippen LogP contribution in [-0.4, -0.2) is 63.7 Å². The molecule has 2 aliphatic heterocycles. The third-order valence-electron chi connectivity index (χ3n) is 6.37. The number of hydrogen-bond donors (Lipinski definition) is 1. The normalized spacial score (nSPS) is 21.8. The summed E-state index contributed by atoms with van der Waals surface area (Å²) in [5.41, 5.74) is 2.20. The van der Waals surface area contributed by atoms with Crippen molar-refractivity contribution >= 4 is 25.3 Å². The molecule has 1 N–H and O–H groups in total. The predicted molar refractivity (Wildman–Crippen MR) is 138 cm³/mol. The molecule has 36 heavy (non-hydrogen) atoms. The summed E-state index contributed by atoms with van der Waals surface area (Å²) >= 11 is 0. The molecule has 5 heterocycles. The van der Waals surface area contributed by atoms with Gasteiger partial charge in [0.05, 0.1) is 31.6 Å². The van der Waals surface area contributed by atoms with Crippen LogP contribution in [0.4, 0.5) is 5.82 Å². The van der Waals surface area contributed by atoms with Gasteiger partial charge in [-0.25, -0.2) is 9.67 Å². The third kappa shape index (κ3) is 5.48. The lowest BCUT2D eigenvalue weighted by Gasteiger charge is -2.34. The quantitative estimate of drug-likeness (QED) is 0.428. The summed E-state index contributed by atoms with van der Waals surface area (Å²) < 4.78 is 25.1. The van der Waals surface area contributed by atoms with Crippen molar-refractivity contribution in [3.05, 3.63) is 30.6 Å². The van der Waals surface area contributed by atoms with Crippen LogP contribution in [0.2, 0.25) is 0 Å². The topological polar surface area (TPSA) is 104 Å². The van der Waals surface area contributed by atoms with Gasteiger partial charge in [-0.05, 0) is 44.2 Å². The van der Waals surface area contributed by atoms with E-state index in [-0.39, 0.29) is 18.2 Å². The molecule has 0 bridgehead atoms. The molecule has 10 nitrogen and oxygen atoms in total. The molecule has 0 aromatic carbocycles. The van der Waals surface area contributed by atoms with Crippen molar-refractivity contribution in [3.63, 3.8) is 0 Å². The molecular weight excluding hydrogens is 481 g/mol. The van der Waals surface area contributed by atoms with Crippen molar-refractivity contribution in [2.45, 2.75) is 52.3 Å². The van der Waals surface area contributed by atoms with Gasteiger partial charge in [-0.15, -0.1) is 0 Å². The molecule has 2 aliphatic rings. The molecule has 5 rings (SSSR count). The summed E-state index contributed by atoms with van der Waals surface area (Å²) in [7, 11) is -2.10. The molecule has 0 spiro atoms. The minimum atomic E-state index is -2.10. The molecule has 194 valence electrons. The fourth-order valence-corrected chi connectivity index (χ4v) is 5.35. The zero-order chi connectivity index (χ0) is 25.1. The van der Waals surface area contributed by atoms with Crippen LogP contribution in [0, 0.1) is 5.92 Å².